The van der Waals surface area contributed by atoms with Crippen LogP contribution in [0.5, 0.6) is 0 Å². The predicted molar refractivity (Wildman–Crippen MR) is 64.7 cm³/mol. The Bertz CT molecular complexity index is 280. The van der Waals surface area contributed by atoms with Crippen molar-refractivity contribution in [1.82, 2.24) is 5.32 Å². The van der Waals surface area contributed by atoms with E-state index >= 15 is 0 Å². The lowest BCUT2D eigenvalue weighted by atomic mass is 9.70. The summed E-state index contributed by atoms with van der Waals surface area (Å²) in [5.41, 5.74) is 0.0746. The van der Waals surface area contributed by atoms with E-state index < -0.39 is 0 Å². The van der Waals surface area contributed by atoms with E-state index in [0.29, 0.717) is 6.10 Å². The van der Waals surface area contributed by atoms with Crippen LogP contribution in [0.25, 0.3) is 0 Å². The Morgan fingerprint density at radius 1 is 1.59 bits per heavy atom. The molecule has 3 unspecified atom stereocenters. The minimum Gasteiger partial charge on any atom is -0.469 e. The molecule has 98 valence electrons. The Kier molecular flexibility index (Phi) is 4.05. The molecule has 0 aromatic rings. The van der Waals surface area contributed by atoms with Crippen LogP contribution in [0.15, 0.2) is 0 Å². The van der Waals surface area contributed by atoms with Crippen LogP contribution in [0.2, 0.25) is 0 Å². The van der Waals surface area contributed by atoms with Crippen LogP contribution in [0.4, 0.5) is 0 Å². The standard InChI is InChI=1S/C13H23NO3/c1-3-4-10-7-13(5-6-17-10)9-14-8-11(13)12(15)16-2/h10-11,14H,3-9H2,1-2H3. The maximum atomic E-state index is 11.8. The zero-order chi connectivity index (χ0) is 12.3. The van der Waals surface area contributed by atoms with Crippen LogP contribution in [-0.4, -0.2) is 38.9 Å². The van der Waals surface area contributed by atoms with Crippen LogP contribution < -0.4 is 5.32 Å². The molecule has 3 atom stereocenters. The molecule has 0 aromatic carbocycles. The summed E-state index contributed by atoms with van der Waals surface area (Å²) >= 11 is 0. The largest absolute Gasteiger partial charge is 0.469 e. The summed E-state index contributed by atoms with van der Waals surface area (Å²) in [4.78, 5) is 11.8. The van der Waals surface area contributed by atoms with Crippen molar-refractivity contribution in [2.24, 2.45) is 11.3 Å². The Morgan fingerprint density at radius 2 is 2.41 bits per heavy atom. The van der Waals surface area contributed by atoms with Crippen molar-refractivity contribution in [3.8, 4) is 0 Å². The molecule has 0 saturated carbocycles. The summed E-state index contributed by atoms with van der Waals surface area (Å²) < 4.78 is 10.7. The number of hydrogen-bond donors (Lipinski definition) is 1. The number of carbonyl (C=O) groups excluding carboxylic acids is 1. The highest BCUT2D eigenvalue weighted by Crippen LogP contribution is 2.44. The number of carbonyl (C=O) groups is 1. The molecule has 2 rings (SSSR count). The fourth-order valence-corrected chi connectivity index (χ4v) is 3.31. The van der Waals surface area contributed by atoms with Crippen molar-refractivity contribution >= 4 is 5.97 Å². The fraction of sp³-hybridized carbons (Fsp3) is 0.923. The molecule has 1 N–H and O–H groups in total. The number of methoxy groups -OCH3 is 1. The van der Waals surface area contributed by atoms with Crippen molar-refractivity contribution in [2.45, 2.75) is 38.7 Å². The first-order valence-electron chi connectivity index (χ1n) is 6.62. The highest BCUT2D eigenvalue weighted by molar-refractivity contribution is 5.74. The topological polar surface area (TPSA) is 47.6 Å². The van der Waals surface area contributed by atoms with E-state index in [1.165, 1.54) is 7.11 Å². The minimum absolute atomic E-state index is 0.00996. The Morgan fingerprint density at radius 3 is 3.12 bits per heavy atom. The third kappa shape index (κ3) is 2.47. The van der Waals surface area contributed by atoms with Gasteiger partial charge in [0.1, 0.15) is 0 Å². The van der Waals surface area contributed by atoms with Gasteiger partial charge in [-0.25, -0.2) is 0 Å². The second-order valence-electron chi connectivity index (χ2n) is 5.30. The van der Waals surface area contributed by atoms with Crippen molar-refractivity contribution in [3.63, 3.8) is 0 Å². The second-order valence-corrected chi connectivity index (χ2v) is 5.30. The monoisotopic (exact) mass is 241 g/mol. The van der Waals surface area contributed by atoms with Crippen LogP contribution in [0.3, 0.4) is 0 Å². The lowest BCUT2D eigenvalue weighted by Crippen LogP contribution is -2.43. The third-order valence-corrected chi connectivity index (χ3v) is 4.25. The molecule has 4 heteroatoms. The average molecular weight is 241 g/mol. The number of hydrogen-bond acceptors (Lipinski definition) is 4. The van der Waals surface area contributed by atoms with Gasteiger partial charge in [-0.2, -0.15) is 0 Å². The Balaban J connectivity index is 2.08. The molecule has 1 spiro atoms. The van der Waals surface area contributed by atoms with Gasteiger partial charge in [-0.15, -0.1) is 0 Å². The minimum atomic E-state index is -0.0628. The third-order valence-electron chi connectivity index (χ3n) is 4.25. The zero-order valence-corrected chi connectivity index (χ0v) is 10.8. The quantitative estimate of drug-likeness (QED) is 0.758. The molecule has 2 fully saturated rings. The molecular formula is C13H23NO3. The van der Waals surface area contributed by atoms with E-state index in [-0.39, 0.29) is 17.3 Å². The smallest absolute Gasteiger partial charge is 0.310 e. The van der Waals surface area contributed by atoms with Crippen LogP contribution >= 0.6 is 0 Å². The first-order valence-corrected chi connectivity index (χ1v) is 6.62. The van der Waals surface area contributed by atoms with Gasteiger partial charge in [0.25, 0.3) is 0 Å². The van der Waals surface area contributed by atoms with Gasteiger partial charge in [-0.1, -0.05) is 13.3 Å². The Hall–Kier alpha value is -0.610. The van der Waals surface area contributed by atoms with Crippen molar-refractivity contribution in [2.75, 3.05) is 26.8 Å². The number of ether oxygens (including phenoxy) is 2. The fourth-order valence-electron chi connectivity index (χ4n) is 3.31. The molecule has 17 heavy (non-hydrogen) atoms. The molecule has 0 aromatic heterocycles. The van der Waals surface area contributed by atoms with Gasteiger partial charge >= 0.3 is 5.97 Å². The van der Waals surface area contributed by atoms with Crippen LogP contribution in [-0.2, 0) is 14.3 Å². The van der Waals surface area contributed by atoms with E-state index in [4.69, 9.17) is 9.47 Å². The lowest BCUT2D eigenvalue weighted by Gasteiger charge is -2.40. The summed E-state index contributed by atoms with van der Waals surface area (Å²) in [6.07, 6.45) is 4.51. The molecule has 0 aliphatic carbocycles. The maximum Gasteiger partial charge on any atom is 0.310 e. The molecule has 2 aliphatic rings. The summed E-state index contributed by atoms with van der Waals surface area (Å²) in [6, 6.07) is 0. The number of nitrogens with one attached hydrogen (secondary N) is 1. The van der Waals surface area contributed by atoms with Crippen LogP contribution in [0, 0.1) is 11.3 Å². The van der Waals surface area contributed by atoms with E-state index in [9.17, 15) is 4.79 Å². The number of rotatable bonds is 3. The summed E-state index contributed by atoms with van der Waals surface area (Å²) in [6.45, 7) is 4.64. The van der Waals surface area contributed by atoms with Gasteiger partial charge in [0, 0.05) is 25.1 Å². The first-order chi connectivity index (χ1) is 8.22. The summed E-state index contributed by atoms with van der Waals surface area (Å²) in [5.74, 6) is -0.0529. The van der Waals surface area contributed by atoms with Gasteiger partial charge in [0.2, 0.25) is 0 Å². The highest BCUT2D eigenvalue weighted by Gasteiger charge is 2.49. The molecule has 2 aliphatic heterocycles. The van der Waals surface area contributed by atoms with Crippen molar-refractivity contribution < 1.29 is 14.3 Å². The summed E-state index contributed by atoms with van der Waals surface area (Å²) in [7, 11) is 1.48. The van der Waals surface area contributed by atoms with Gasteiger partial charge in [-0.3, -0.25) is 4.79 Å². The Labute approximate surface area is 103 Å². The molecule has 0 amide bonds. The normalized spacial score (nSPS) is 37.3. The summed E-state index contributed by atoms with van der Waals surface area (Å²) in [5, 5.41) is 3.35. The van der Waals surface area contributed by atoms with Gasteiger partial charge in [0.05, 0.1) is 19.1 Å². The lowest BCUT2D eigenvalue weighted by molar-refractivity contribution is -0.152. The van der Waals surface area contributed by atoms with Gasteiger partial charge in [-0.05, 0) is 19.3 Å². The van der Waals surface area contributed by atoms with E-state index in [1.807, 2.05) is 0 Å². The van der Waals surface area contributed by atoms with Crippen molar-refractivity contribution in [3.05, 3.63) is 0 Å². The van der Waals surface area contributed by atoms with Gasteiger partial charge in [0.15, 0.2) is 0 Å². The van der Waals surface area contributed by atoms with Crippen LogP contribution in [0.1, 0.15) is 32.6 Å². The zero-order valence-electron chi connectivity index (χ0n) is 10.8. The average Bonchev–Trinajstić information content (AvgIpc) is 2.72. The molecule has 0 bridgehead atoms. The van der Waals surface area contributed by atoms with E-state index in [1.54, 1.807) is 0 Å². The molecular weight excluding hydrogens is 218 g/mol. The predicted octanol–water partition coefficient (Wildman–Crippen LogP) is 1.34. The van der Waals surface area contributed by atoms with Crippen molar-refractivity contribution in [1.29, 1.82) is 0 Å². The first kappa shape index (κ1) is 12.8. The molecule has 4 nitrogen and oxygen atoms in total. The molecule has 2 saturated heterocycles. The maximum absolute atomic E-state index is 11.8. The van der Waals surface area contributed by atoms with E-state index in [0.717, 1.165) is 45.4 Å². The molecule has 2 heterocycles. The van der Waals surface area contributed by atoms with E-state index in [2.05, 4.69) is 12.2 Å². The molecule has 0 radical (unpaired) electrons. The SMILES string of the molecule is CCCC1CC2(CCO1)CNCC2C(=O)OC. The second kappa shape index (κ2) is 5.36. The van der Waals surface area contributed by atoms with Gasteiger partial charge < -0.3 is 14.8 Å². The number of esters is 1. The highest BCUT2D eigenvalue weighted by atomic mass is 16.5.